The number of pyridine rings is 1. The third-order valence-electron chi connectivity index (χ3n) is 3.91. The predicted octanol–water partition coefficient (Wildman–Crippen LogP) is 4.25. The van der Waals surface area contributed by atoms with E-state index in [0.717, 1.165) is 12.0 Å². The van der Waals surface area contributed by atoms with E-state index in [1.54, 1.807) is 24.3 Å². The lowest BCUT2D eigenvalue weighted by molar-refractivity contribution is -0.119. The highest BCUT2D eigenvalue weighted by molar-refractivity contribution is 6.30. The van der Waals surface area contributed by atoms with Crippen LogP contribution in [0.3, 0.4) is 0 Å². The molecule has 6 heteroatoms. The predicted molar refractivity (Wildman–Crippen MR) is 101 cm³/mol. The van der Waals surface area contributed by atoms with Gasteiger partial charge in [-0.3, -0.25) is 4.79 Å². The molecular formula is C20H17ClN2O3. The molecule has 1 aromatic heterocycles. The molecule has 0 aliphatic carbocycles. The molecule has 3 aromatic rings. The summed E-state index contributed by atoms with van der Waals surface area (Å²) in [5, 5.41) is 3.58. The number of fused-ring (bicyclic) bond motifs is 1. The van der Waals surface area contributed by atoms with E-state index in [-0.39, 0.29) is 17.3 Å². The summed E-state index contributed by atoms with van der Waals surface area (Å²) >= 11 is 5.97. The lowest BCUT2D eigenvalue weighted by Crippen LogP contribution is -2.21. The third-order valence-corrected chi connectivity index (χ3v) is 4.11. The van der Waals surface area contributed by atoms with Crippen LogP contribution in [-0.4, -0.2) is 23.5 Å². The summed E-state index contributed by atoms with van der Waals surface area (Å²) in [5.74, 6) is -1.02. The van der Waals surface area contributed by atoms with E-state index in [2.05, 4.69) is 10.3 Å². The molecule has 0 bridgehead atoms. The van der Waals surface area contributed by atoms with E-state index in [1.807, 2.05) is 31.2 Å². The van der Waals surface area contributed by atoms with Crippen LogP contribution >= 0.6 is 11.6 Å². The molecule has 0 fully saturated rings. The summed E-state index contributed by atoms with van der Waals surface area (Å²) < 4.78 is 5.16. The molecule has 0 saturated carbocycles. The highest BCUT2D eigenvalue weighted by Gasteiger charge is 2.15. The molecule has 0 aliphatic heterocycles. The number of hydrogen-bond acceptors (Lipinski definition) is 4. The highest BCUT2D eigenvalue weighted by atomic mass is 35.5. The van der Waals surface area contributed by atoms with Crippen LogP contribution in [0.15, 0.2) is 54.6 Å². The number of nitrogens with zero attached hydrogens (tertiary/aromatic N) is 1. The van der Waals surface area contributed by atoms with Crippen molar-refractivity contribution in [3.05, 3.63) is 70.9 Å². The fraction of sp³-hybridized carbons (Fsp3) is 0.150. The van der Waals surface area contributed by atoms with Gasteiger partial charge in [-0.25, -0.2) is 9.78 Å². The number of rotatable bonds is 5. The number of aromatic nitrogens is 1. The molecule has 1 N–H and O–H groups in total. The Morgan fingerprint density at radius 2 is 1.85 bits per heavy atom. The molecule has 2 aromatic carbocycles. The minimum Gasteiger partial charge on any atom is -0.452 e. The Kier molecular flexibility index (Phi) is 5.49. The van der Waals surface area contributed by atoms with Crippen LogP contribution in [0, 0.1) is 0 Å². The van der Waals surface area contributed by atoms with Crippen molar-refractivity contribution in [3.63, 3.8) is 0 Å². The summed E-state index contributed by atoms with van der Waals surface area (Å²) in [6.07, 6.45) is 0.789. The number of esters is 1. The minimum atomic E-state index is -0.621. The lowest BCUT2D eigenvalue weighted by atomic mass is 10.1. The molecule has 0 spiro atoms. The maximum absolute atomic E-state index is 12.4. The molecule has 1 amide bonds. The monoisotopic (exact) mass is 368 g/mol. The van der Waals surface area contributed by atoms with Crippen molar-refractivity contribution in [3.8, 4) is 0 Å². The van der Waals surface area contributed by atoms with Gasteiger partial charge in [-0.15, -0.1) is 0 Å². The molecule has 1 heterocycles. The standard InChI is InChI=1S/C20H17ClN2O3/c1-2-13-7-3-5-9-16(13)23-19(24)12-26-20(25)15-11-18(21)22-17-10-6-4-8-14(15)17/h3-11H,2,12H2,1H3,(H,23,24). The maximum Gasteiger partial charge on any atom is 0.339 e. The summed E-state index contributed by atoms with van der Waals surface area (Å²) in [5.41, 5.74) is 2.60. The molecule has 0 aliphatic rings. The number of anilines is 1. The normalized spacial score (nSPS) is 10.5. The quantitative estimate of drug-likeness (QED) is 0.540. The highest BCUT2D eigenvalue weighted by Crippen LogP contribution is 2.21. The number of carbonyl (C=O) groups excluding carboxylic acids is 2. The maximum atomic E-state index is 12.4. The number of ether oxygens (including phenoxy) is 1. The van der Waals surface area contributed by atoms with Crippen molar-refractivity contribution in [2.75, 3.05) is 11.9 Å². The van der Waals surface area contributed by atoms with E-state index < -0.39 is 11.9 Å². The summed E-state index contributed by atoms with van der Waals surface area (Å²) in [4.78, 5) is 28.7. The molecule has 0 radical (unpaired) electrons. The summed E-state index contributed by atoms with van der Waals surface area (Å²) in [6.45, 7) is 1.62. The average molecular weight is 369 g/mol. The van der Waals surface area contributed by atoms with Gasteiger partial charge in [0.25, 0.3) is 5.91 Å². The van der Waals surface area contributed by atoms with Gasteiger partial charge in [-0.2, -0.15) is 0 Å². The first-order valence-electron chi connectivity index (χ1n) is 8.18. The van der Waals surface area contributed by atoms with Crippen molar-refractivity contribution >= 4 is 40.1 Å². The number of aryl methyl sites for hydroxylation is 1. The first-order valence-corrected chi connectivity index (χ1v) is 8.56. The van der Waals surface area contributed by atoms with E-state index in [9.17, 15) is 9.59 Å². The molecule has 5 nitrogen and oxygen atoms in total. The van der Waals surface area contributed by atoms with Crippen LogP contribution in [-0.2, 0) is 16.0 Å². The summed E-state index contributed by atoms with van der Waals surface area (Å²) in [6, 6.07) is 16.1. The van der Waals surface area contributed by atoms with Gasteiger partial charge in [-0.1, -0.05) is 54.9 Å². The van der Waals surface area contributed by atoms with Crippen molar-refractivity contribution < 1.29 is 14.3 Å². The van der Waals surface area contributed by atoms with E-state index in [4.69, 9.17) is 16.3 Å². The van der Waals surface area contributed by atoms with Gasteiger partial charge in [0, 0.05) is 11.1 Å². The SMILES string of the molecule is CCc1ccccc1NC(=O)COC(=O)c1cc(Cl)nc2ccccc12. The van der Waals surface area contributed by atoms with Gasteiger partial charge in [0.1, 0.15) is 5.15 Å². The number of para-hydroxylation sites is 2. The van der Waals surface area contributed by atoms with Crippen LogP contribution < -0.4 is 5.32 Å². The fourth-order valence-corrected chi connectivity index (χ4v) is 2.86. The molecule has 0 saturated heterocycles. The van der Waals surface area contributed by atoms with Crippen LogP contribution in [0.25, 0.3) is 10.9 Å². The van der Waals surface area contributed by atoms with Gasteiger partial charge in [0.05, 0.1) is 11.1 Å². The zero-order valence-electron chi connectivity index (χ0n) is 14.2. The Morgan fingerprint density at radius 1 is 1.12 bits per heavy atom. The van der Waals surface area contributed by atoms with Gasteiger partial charge < -0.3 is 10.1 Å². The van der Waals surface area contributed by atoms with E-state index >= 15 is 0 Å². The van der Waals surface area contributed by atoms with Gasteiger partial charge >= 0.3 is 5.97 Å². The Labute approximate surface area is 156 Å². The topological polar surface area (TPSA) is 68.3 Å². The minimum absolute atomic E-state index is 0.192. The van der Waals surface area contributed by atoms with Gasteiger partial charge in [0.15, 0.2) is 6.61 Å². The molecule has 26 heavy (non-hydrogen) atoms. The Hall–Kier alpha value is -2.92. The number of nitrogens with one attached hydrogen (secondary N) is 1. The Bertz CT molecular complexity index is 972. The second-order valence-electron chi connectivity index (χ2n) is 5.64. The zero-order valence-corrected chi connectivity index (χ0v) is 14.9. The Balaban J connectivity index is 1.70. The lowest BCUT2D eigenvalue weighted by Gasteiger charge is -2.11. The second-order valence-corrected chi connectivity index (χ2v) is 6.03. The van der Waals surface area contributed by atoms with Crippen LogP contribution in [0.2, 0.25) is 5.15 Å². The van der Waals surface area contributed by atoms with E-state index in [0.29, 0.717) is 16.6 Å². The summed E-state index contributed by atoms with van der Waals surface area (Å²) in [7, 11) is 0. The van der Waals surface area contributed by atoms with Crippen LogP contribution in [0.4, 0.5) is 5.69 Å². The van der Waals surface area contributed by atoms with Crippen molar-refractivity contribution in [2.24, 2.45) is 0 Å². The van der Waals surface area contributed by atoms with Crippen molar-refractivity contribution in [1.29, 1.82) is 0 Å². The van der Waals surface area contributed by atoms with Gasteiger partial charge in [0.2, 0.25) is 0 Å². The second kappa shape index (κ2) is 7.97. The van der Waals surface area contributed by atoms with Gasteiger partial charge in [-0.05, 0) is 30.2 Å². The number of benzene rings is 2. The smallest absolute Gasteiger partial charge is 0.339 e. The fourth-order valence-electron chi connectivity index (χ4n) is 2.66. The zero-order chi connectivity index (χ0) is 18.5. The molecule has 132 valence electrons. The van der Waals surface area contributed by atoms with Crippen LogP contribution in [0.1, 0.15) is 22.8 Å². The largest absolute Gasteiger partial charge is 0.452 e. The average Bonchev–Trinajstić information content (AvgIpc) is 2.65. The molecular weight excluding hydrogens is 352 g/mol. The number of hydrogen-bond donors (Lipinski definition) is 1. The van der Waals surface area contributed by atoms with Crippen molar-refractivity contribution in [1.82, 2.24) is 4.98 Å². The Morgan fingerprint density at radius 3 is 2.65 bits per heavy atom. The molecule has 0 unspecified atom stereocenters. The van der Waals surface area contributed by atoms with Crippen molar-refractivity contribution in [2.45, 2.75) is 13.3 Å². The third kappa shape index (κ3) is 4.00. The van der Waals surface area contributed by atoms with E-state index in [1.165, 1.54) is 6.07 Å². The first kappa shape index (κ1) is 17.9. The number of carbonyl (C=O) groups is 2. The number of amides is 1. The first-order chi connectivity index (χ1) is 12.6. The number of halogens is 1. The molecule has 0 atom stereocenters. The van der Waals surface area contributed by atoms with Crippen LogP contribution in [0.5, 0.6) is 0 Å². The molecule has 3 rings (SSSR count).